The van der Waals surface area contributed by atoms with Crippen molar-refractivity contribution in [2.45, 2.75) is 13.0 Å². The van der Waals surface area contributed by atoms with Crippen molar-refractivity contribution < 1.29 is 10.0 Å². The topological polar surface area (TPSA) is 40.5 Å². The molecule has 0 aliphatic heterocycles. The van der Waals surface area contributed by atoms with Gasteiger partial charge < -0.3 is 0 Å². The summed E-state index contributed by atoms with van der Waals surface area (Å²) >= 11 is 0. The predicted octanol–water partition coefficient (Wildman–Crippen LogP) is 1.60. The van der Waals surface area contributed by atoms with Gasteiger partial charge in [-0.1, -0.05) is 30.3 Å². The van der Waals surface area contributed by atoms with Crippen LogP contribution in [0, 0.1) is 0 Å². The van der Waals surface area contributed by atoms with E-state index in [0.717, 1.165) is 5.56 Å². The molecule has 0 aliphatic carbocycles. The molecular formula is C9H11NO2. The van der Waals surface area contributed by atoms with E-state index in [4.69, 9.17) is 5.21 Å². The number of carbonyl (C=O) groups is 1. The number of hydrogen-bond donors (Lipinski definition) is 1. The standard InChI is InChI=1S/C9H11NO2/c1-8(10(12)7-11)9-5-3-2-4-6-9/h2-8,12H,1H3. The van der Waals surface area contributed by atoms with Gasteiger partial charge in [0, 0.05) is 0 Å². The van der Waals surface area contributed by atoms with Crippen molar-refractivity contribution in [2.75, 3.05) is 0 Å². The third-order valence-electron chi connectivity index (χ3n) is 1.79. The minimum atomic E-state index is -0.288. The van der Waals surface area contributed by atoms with Crippen LogP contribution in [0.5, 0.6) is 0 Å². The second-order valence-corrected chi connectivity index (χ2v) is 2.57. The number of benzene rings is 1. The number of amides is 1. The van der Waals surface area contributed by atoms with E-state index in [0.29, 0.717) is 11.5 Å². The molecule has 3 nitrogen and oxygen atoms in total. The van der Waals surface area contributed by atoms with Crippen LogP contribution in [0.2, 0.25) is 0 Å². The fourth-order valence-corrected chi connectivity index (χ4v) is 0.976. The number of hydrogen-bond acceptors (Lipinski definition) is 2. The Bertz CT molecular complexity index is 248. The number of hydroxylamine groups is 2. The molecule has 0 spiro atoms. The van der Waals surface area contributed by atoms with Crippen LogP contribution in [0.15, 0.2) is 30.3 Å². The zero-order valence-corrected chi connectivity index (χ0v) is 6.84. The number of nitrogens with zero attached hydrogens (tertiary/aromatic N) is 1. The molecule has 1 amide bonds. The third-order valence-corrected chi connectivity index (χ3v) is 1.79. The fourth-order valence-electron chi connectivity index (χ4n) is 0.976. The molecule has 0 aliphatic rings. The van der Waals surface area contributed by atoms with E-state index in [9.17, 15) is 4.79 Å². The van der Waals surface area contributed by atoms with Gasteiger partial charge in [-0.15, -0.1) is 0 Å². The van der Waals surface area contributed by atoms with Crippen molar-refractivity contribution >= 4 is 6.41 Å². The van der Waals surface area contributed by atoms with Gasteiger partial charge in [0.25, 0.3) is 0 Å². The molecule has 0 aromatic heterocycles. The Morgan fingerprint density at radius 1 is 1.42 bits per heavy atom. The van der Waals surface area contributed by atoms with Crippen molar-refractivity contribution in [1.82, 2.24) is 5.06 Å². The van der Waals surface area contributed by atoms with Crippen LogP contribution in [0.25, 0.3) is 0 Å². The zero-order valence-electron chi connectivity index (χ0n) is 6.84. The highest BCUT2D eigenvalue weighted by atomic mass is 16.5. The van der Waals surface area contributed by atoms with Gasteiger partial charge >= 0.3 is 0 Å². The van der Waals surface area contributed by atoms with Gasteiger partial charge in [0.1, 0.15) is 0 Å². The molecule has 3 heteroatoms. The summed E-state index contributed by atoms with van der Waals surface area (Å²) < 4.78 is 0. The van der Waals surface area contributed by atoms with E-state index >= 15 is 0 Å². The lowest BCUT2D eigenvalue weighted by Crippen LogP contribution is -2.20. The van der Waals surface area contributed by atoms with Crippen LogP contribution < -0.4 is 0 Å². The first kappa shape index (κ1) is 8.74. The number of carbonyl (C=O) groups excluding carboxylic acids is 1. The maximum atomic E-state index is 10.2. The van der Waals surface area contributed by atoms with E-state index in [-0.39, 0.29) is 6.04 Å². The zero-order chi connectivity index (χ0) is 8.97. The minimum absolute atomic E-state index is 0.288. The van der Waals surface area contributed by atoms with Crippen LogP contribution in [0.4, 0.5) is 0 Å². The summed E-state index contributed by atoms with van der Waals surface area (Å²) in [7, 11) is 0. The summed E-state index contributed by atoms with van der Waals surface area (Å²) in [6.07, 6.45) is 0.400. The molecule has 1 rings (SSSR count). The first-order chi connectivity index (χ1) is 5.75. The van der Waals surface area contributed by atoms with Gasteiger partial charge in [0.2, 0.25) is 6.41 Å². The first-order valence-corrected chi connectivity index (χ1v) is 3.73. The summed E-state index contributed by atoms with van der Waals surface area (Å²) in [4.78, 5) is 10.2. The Balaban J connectivity index is 2.78. The summed E-state index contributed by atoms with van der Waals surface area (Å²) in [6.45, 7) is 1.75. The van der Waals surface area contributed by atoms with Crippen LogP contribution in [-0.4, -0.2) is 16.7 Å². The summed E-state index contributed by atoms with van der Waals surface area (Å²) in [6, 6.07) is 9.05. The minimum Gasteiger partial charge on any atom is -0.286 e. The summed E-state index contributed by atoms with van der Waals surface area (Å²) in [5.41, 5.74) is 0.909. The van der Waals surface area contributed by atoms with E-state index in [1.165, 1.54) is 0 Å². The Labute approximate surface area is 71.2 Å². The van der Waals surface area contributed by atoms with Crippen molar-refractivity contribution in [2.24, 2.45) is 0 Å². The van der Waals surface area contributed by atoms with Crippen molar-refractivity contribution in [3.63, 3.8) is 0 Å². The third kappa shape index (κ3) is 1.83. The normalized spacial score (nSPS) is 12.2. The molecule has 1 aromatic rings. The molecule has 0 heterocycles. The highest BCUT2D eigenvalue weighted by Crippen LogP contribution is 2.15. The molecule has 1 unspecified atom stereocenters. The highest BCUT2D eigenvalue weighted by molar-refractivity contribution is 5.46. The van der Waals surface area contributed by atoms with Crippen molar-refractivity contribution in [1.29, 1.82) is 0 Å². The molecule has 0 saturated carbocycles. The van der Waals surface area contributed by atoms with E-state index in [2.05, 4.69) is 0 Å². The molecule has 64 valence electrons. The van der Waals surface area contributed by atoms with Crippen molar-refractivity contribution in [3.05, 3.63) is 35.9 Å². The van der Waals surface area contributed by atoms with Crippen LogP contribution >= 0.6 is 0 Å². The average Bonchev–Trinajstić information content (AvgIpc) is 2.17. The lowest BCUT2D eigenvalue weighted by Gasteiger charge is -2.17. The monoisotopic (exact) mass is 165 g/mol. The molecule has 1 atom stereocenters. The summed E-state index contributed by atoms with van der Waals surface area (Å²) in [5.74, 6) is 0. The SMILES string of the molecule is CC(c1ccccc1)N(O)C=O. The average molecular weight is 165 g/mol. The van der Waals surface area contributed by atoms with Crippen molar-refractivity contribution in [3.8, 4) is 0 Å². The maximum Gasteiger partial charge on any atom is 0.233 e. The van der Waals surface area contributed by atoms with E-state index in [1.807, 2.05) is 30.3 Å². The quantitative estimate of drug-likeness (QED) is 0.420. The smallest absolute Gasteiger partial charge is 0.233 e. The Kier molecular flexibility index (Phi) is 2.82. The molecule has 0 radical (unpaired) electrons. The largest absolute Gasteiger partial charge is 0.286 e. The van der Waals surface area contributed by atoms with Gasteiger partial charge in [-0.25, -0.2) is 5.06 Å². The molecule has 12 heavy (non-hydrogen) atoms. The highest BCUT2D eigenvalue weighted by Gasteiger charge is 2.09. The van der Waals surface area contributed by atoms with Gasteiger partial charge in [-0.05, 0) is 12.5 Å². The first-order valence-electron chi connectivity index (χ1n) is 3.73. The summed E-state index contributed by atoms with van der Waals surface area (Å²) in [5, 5.41) is 9.69. The van der Waals surface area contributed by atoms with E-state index < -0.39 is 0 Å². The predicted molar refractivity (Wildman–Crippen MR) is 44.5 cm³/mol. The lowest BCUT2D eigenvalue weighted by molar-refractivity contribution is -0.159. The van der Waals surface area contributed by atoms with Gasteiger partial charge in [0.15, 0.2) is 0 Å². The van der Waals surface area contributed by atoms with E-state index in [1.54, 1.807) is 6.92 Å². The number of rotatable bonds is 3. The second-order valence-electron chi connectivity index (χ2n) is 2.57. The van der Waals surface area contributed by atoms with Crippen LogP contribution in [0.1, 0.15) is 18.5 Å². The molecule has 1 aromatic carbocycles. The second kappa shape index (κ2) is 3.88. The Morgan fingerprint density at radius 3 is 2.50 bits per heavy atom. The molecular weight excluding hydrogens is 154 g/mol. The van der Waals surface area contributed by atoms with Gasteiger partial charge in [0.05, 0.1) is 6.04 Å². The van der Waals surface area contributed by atoms with Crippen LogP contribution in [0.3, 0.4) is 0 Å². The Morgan fingerprint density at radius 2 is 2.00 bits per heavy atom. The van der Waals surface area contributed by atoms with Gasteiger partial charge in [-0.3, -0.25) is 10.0 Å². The molecule has 1 N–H and O–H groups in total. The Hall–Kier alpha value is -1.35. The van der Waals surface area contributed by atoms with Gasteiger partial charge in [-0.2, -0.15) is 0 Å². The maximum absolute atomic E-state index is 10.2. The lowest BCUT2D eigenvalue weighted by atomic mass is 10.1. The fraction of sp³-hybridized carbons (Fsp3) is 0.222. The van der Waals surface area contributed by atoms with Crippen LogP contribution in [-0.2, 0) is 4.79 Å². The molecule has 0 fully saturated rings. The molecule has 0 bridgehead atoms. The molecule has 0 saturated heterocycles.